The highest BCUT2D eigenvalue weighted by atomic mass is 16.5. The molecule has 1 saturated heterocycles. The van der Waals surface area contributed by atoms with Gasteiger partial charge in [0.2, 0.25) is 0 Å². The van der Waals surface area contributed by atoms with E-state index in [2.05, 4.69) is 19.1 Å². The smallest absolute Gasteiger partial charge is 0.257 e. The Bertz CT molecular complexity index is 744. The lowest BCUT2D eigenvalue weighted by molar-refractivity contribution is 0.0301. The van der Waals surface area contributed by atoms with E-state index in [0.29, 0.717) is 32.2 Å². The lowest BCUT2D eigenvalue weighted by Gasteiger charge is -2.27. The van der Waals surface area contributed by atoms with Crippen LogP contribution in [0.15, 0.2) is 30.3 Å². The van der Waals surface area contributed by atoms with Crippen LogP contribution in [0.1, 0.15) is 53.8 Å². The van der Waals surface area contributed by atoms with E-state index < -0.39 is 0 Å². The molecule has 25 heavy (non-hydrogen) atoms. The van der Waals surface area contributed by atoms with Crippen LogP contribution in [0.3, 0.4) is 0 Å². The van der Waals surface area contributed by atoms with E-state index >= 15 is 0 Å². The molecule has 2 heterocycles. The number of amides is 1. The highest BCUT2D eigenvalue weighted by molar-refractivity contribution is 5.97. The number of morpholine rings is 1. The Morgan fingerprint density at radius 3 is 2.56 bits per heavy atom. The van der Waals surface area contributed by atoms with Gasteiger partial charge in [-0.3, -0.25) is 4.79 Å². The molecule has 1 aromatic heterocycles. The number of aromatic nitrogens is 2. The molecule has 132 valence electrons. The van der Waals surface area contributed by atoms with Crippen LogP contribution in [0.25, 0.3) is 5.69 Å². The van der Waals surface area contributed by atoms with Crippen molar-refractivity contribution in [3.63, 3.8) is 0 Å². The summed E-state index contributed by atoms with van der Waals surface area (Å²) in [5.74, 6) is 0.580. The lowest BCUT2D eigenvalue weighted by atomic mass is 10.0. The SMILES string of the molecule is CCCc1c(C(=O)N2CCOCC2)c(C2CC2)nn1-c1ccccc1. The molecular weight excluding hydrogens is 314 g/mol. The molecule has 2 aliphatic rings. The van der Waals surface area contributed by atoms with Gasteiger partial charge in [0.25, 0.3) is 5.91 Å². The summed E-state index contributed by atoms with van der Waals surface area (Å²) in [4.78, 5) is 15.2. The van der Waals surface area contributed by atoms with Crippen LogP contribution in [-0.2, 0) is 11.2 Å². The molecule has 0 atom stereocenters. The molecule has 0 spiro atoms. The molecule has 0 bridgehead atoms. The second kappa shape index (κ2) is 7.00. The van der Waals surface area contributed by atoms with Crippen LogP contribution in [0.4, 0.5) is 0 Å². The summed E-state index contributed by atoms with van der Waals surface area (Å²) < 4.78 is 7.42. The summed E-state index contributed by atoms with van der Waals surface area (Å²) in [6.07, 6.45) is 4.13. The minimum atomic E-state index is 0.135. The van der Waals surface area contributed by atoms with Crippen LogP contribution in [0, 0.1) is 0 Å². The number of carbonyl (C=O) groups excluding carboxylic acids is 1. The van der Waals surface area contributed by atoms with E-state index in [1.807, 2.05) is 27.8 Å². The Labute approximate surface area is 148 Å². The first-order chi connectivity index (χ1) is 12.3. The van der Waals surface area contributed by atoms with Crippen molar-refractivity contribution in [2.75, 3.05) is 26.3 Å². The Morgan fingerprint density at radius 1 is 1.20 bits per heavy atom. The topological polar surface area (TPSA) is 47.4 Å². The summed E-state index contributed by atoms with van der Waals surface area (Å²) in [6, 6.07) is 10.2. The molecule has 1 amide bonds. The molecule has 4 rings (SSSR count). The van der Waals surface area contributed by atoms with Gasteiger partial charge in [0, 0.05) is 19.0 Å². The first-order valence-electron chi connectivity index (χ1n) is 9.33. The van der Waals surface area contributed by atoms with Crippen molar-refractivity contribution in [3.8, 4) is 5.69 Å². The van der Waals surface area contributed by atoms with E-state index in [1.54, 1.807) is 0 Å². The Hall–Kier alpha value is -2.14. The zero-order chi connectivity index (χ0) is 17.2. The molecule has 2 fully saturated rings. The van der Waals surface area contributed by atoms with Gasteiger partial charge in [-0.1, -0.05) is 31.5 Å². The first kappa shape index (κ1) is 16.3. The number of para-hydroxylation sites is 1. The minimum absolute atomic E-state index is 0.135. The number of ether oxygens (including phenoxy) is 1. The molecule has 0 N–H and O–H groups in total. The van der Waals surface area contributed by atoms with Crippen molar-refractivity contribution in [3.05, 3.63) is 47.3 Å². The van der Waals surface area contributed by atoms with Gasteiger partial charge in [-0.2, -0.15) is 5.10 Å². The van der Waals surface area contributed by atoms with Crippen molar-refractivity contribution in [2.45, 2.75) is 38.5 Å². The van der Waals surface area contributed by atoms with Crippen molar-refractivity contribution in [1.82, 2.24) is 14.7 Å². The lowest BCUT2D eigenvalue weighted by Crippen LogP contribution is -2.41. The summed E-state index contributed by atoms with van der Waals surface area (Å²) in [5, 5.41) is 4.91. The zero-order valence-electron chi connectivity index (χ0n) is 14.8. The third kappa shape index (κ3) is 3.21. The van der Waals surface area contributed by atoms with Crippen molar-refractivity contribution in [2.24, 2.45) is 0 Å². The third-order valence-electron chi connectivity index (χ3n) is 4.97. The fourth-order valence-corrected chi connectivity index (χ4v) is 3.52. The van der Waals surface area contributed by atoms with E-state index in [4.69, 9.17) is 9.84 Å². The summed E-state index contributed by atoms with van der Waals surface area (Å²) >= 11 is 0. The molecule has 5 nitrogen and oxygen atoms in total. The predicted molar refractivity (Wildman–Crippen MR) is 96.3 cm³/mol. The fourth-order valence-electron chi connectivity index (χ4n) is 3.52. The molecule has 1 saturated carbocycles. The Morgan fingerprint density at radius 2 is 1.92 bits per heavy atom. The van der Waals surface area contributed by atoms with E-state index in [9.17, 15) is 4.79 Å². The summed E-state index contributed by atoms with van der Waals surface area (Å²) in [6.45, 7) is 4.75. The second-order valence-electron chi connectivity index (χ2n) is 6.88. The number of nitrogens with zero attached hydrogens (tertiary/aromatic N) is 3. The average Bonchev–Trinajstić information content (AvgIpc) is 3.45. The zero-order valence-corrected chi connectivity index (χ0v) is 14.8. The maximum Gasteiger partial charge on any atom is 0.257 e. The van der Waals surface area contributed by atoms with Crippen LogP contribution in [-0.4, -0.2) is 46.9 Å². The molecule has 1 aliphatic carbocycles. The number of hydrogen-bond acceptors (Lipinski definition) is 3. The second-order valence-corrected chi connectivity index (χ2v) is 6.88. The van der Waals surface area contributed by atoms with Gasteiger partial charge in [0.1, 0.15) is 0 Å². The predicted octanol–water partition coefficient (Wildman–Crippen LogP) is 3.17. The molecule has 1 aromatic carbocycles. The highest BCUT2D eigenvalue weighted by Crippen LogP contribution is 2.42. The normalized spacial score (nSPS) is 17.7. The van der Waals surface area contributed by atoms with Gasteiger partial charge in [-0.05, 0) is 31.4 Å². The average molecular weight is 339 g/mol. The first-order valence-corrected chi connectivity index (χ1v) is 9.33. The standard InChI is InChI=1S/C20H25N3O2/c1-2-6-17-18(20(24)22-11-13-25-14-12-22)19(15-9-10-15)21-23(17)16-7-4-3-5-8-16/h3-5,7-8,15H,2,6,9-14H2,1H3. The van der Waals surface area contributed by atoms with Gasteiger partial charge < -0.3 is 9.64 Å². The van der Waals surface area contributed by atoms with E-state index in [-0.39, 0.29) is 5.91 Å². The van der Waals surface area contributed by atoms with E-state index in [1.165, 1.54) is 0 Å². The highest BCUT2D eigenvalue weighted by Gasteiger charge is 2.36. The summed E-state index contributed by atoms with van der Waals surface area (Å²) in [7, 11) is 0. The van der Waals surface area contributed by atoms with Gasteiger partial charge in [0.15, 0.2) is 0 Å². The van der Waals surface area contributed by atoms with E-state index in [0.717, 1.165) is 48.3 Å². The molecular formula is C20H25N3O2. The van der Waals surface area contributed by atoms with Crippen molar-refractivity contribution < 1.29 is 9.53 Å². The fraction of sp³-hybridized carbons (Fsp3) is 0.500. The quantitative estimate of drug-likeness (QED) is 0.840. The van der Waals surface area contributed by atoms with Crippen molar-refractivity contribution in [1.29, 1.82) is 0 Å². The molecule has 2 aromatic rings. The Balaban J connectivity index is 1.80. The van der Waals surface area contributed by atoms with Gasteiger partial charge >= 0.3 is 0 Å². The maximum absolute atomic E-state index is 13.3. The minimum Gasteiger partial charge on any atom is -0.378 e. The molecule has 0 radical (unpaired) electrons. The Kier molecular flexibility index (Phi) is 4.57. The largest absolute Gasteiger partial charge is 0.378 e. The van der Waals surface area contributed by atoms with Crippen molar-refractivity contribution >= 4 is 5.91 Å². The monoisotopic (exact) mass is 339 g/mol. The van der Waals surface area contributed by atoms with Crippen LogP contribution in [0.5, 0.6) is 0 Å². The maximum atomic E-state index is 13.3. The third-order valence-corrected chi connectivity index (χ3v) is 4.97. The summed E-state index contributed by atoms with van der Waals surface area (Å²) in [5.41, 5.74) is 3.96. The number of carbonyl (C=O) groups is 1. The van der Waals surface area contributed by atoms with Crippen LogP contribution >= 0.6 is 0 Å². The number of benzene rings is 1. The molecule has 5 heteroatoms. The number of rotatable bonds is 5. The molecule has 0 unspecified atom stereocenters. The number of hydrogen-bond donors (Lipinski definition) is 0. The van der Waals surface area contributed by atoms with Gasteiger partial charge in [-0.15, -0.1) is 0 Å². The molecule has 1 aliphatic heterocycles. The van der Waals surface area contributed by atoms with Gasteiger partial charge in [-0.25, -0.2) is 4.68 Å². The van der Waals surface area contributed by atoms with Gasteiger partial charge in [0.05, 0.1) is 35.9 Å². The van der Waals surface area contributed by atoms with Crippen LogP contribution < -0.4 is 0 Å². The van der Waals surface area contributed by atoms with Crippen LogP contribution in [0.2, 0.25) is 0 Å².